The fourth-order valence-corrected chi connectivity index (χ4v) is 5.10. The highest BCUT2D eigenvalue weighted by Gasteiger charge is 2.68. The summed E-state index contributed by atoms with van der Waals surface area (Å²) in [7, 11) is -14.3. The Balaban J connectivity index is 6.98. The van der Waals surface area contributed by atoms with Gasteiger partial charge in [-0.2, -0.15) is 26.3 Å². The molecule has 0 bridgehead atoms. The van der Waals surface area contributed by atoms with E-state index < -0.39 is 58.5 Å². The van der Waals surface area contributed by atoms with E-state index in [0.717, 1.165) is 13.8 Å². The average molecular weight is 398 g/mol. The summed E-state index contributed by atoms with van der Waals surface area (Å²) in [5.41, 5.74) is -16.4. The molecule has 140 valence electrons. The summed E-state index contributed by atoms with van der Waals surface area (Å²) in [6.45, 7) is 1.52. The van der Waals surface area contributed by atoms with Crippen molar-refractivity contribution >= 4 is 20.0 Å². The van der Waals surface area contributed by atoms with Crippen LogP contribution in [-0.4, -0.2) is 52.9 Å². The second-order valence-electron chi connectivity index (χ2n) is 4.08. The molecular formula is C7H12F6N2O6S2. The predicted molar refractivity (Wildman–Crippen MR) is 60.5 cm³/mol. The van der Waals surface area contributed by atoms with Gasteiger partial charge in [-0.1, -0.05) is 17.6 Å². The van der Waals surface area contributed by atoms with E-state index in [0.29, 0.717) is 0 Å². The Morgan fingerprint density at radius 1 is 0.783 bits per heavy atom. The Kier molecular flexibility index (Phi) is 6.13. The molecular weight excluding hydrogens is 386 g/mol. The molecule has 2 N–H and O–H groups in total. The molecule has 0 spiro atoms. The van der Waals surface area contributed by atoms with Crippen LogP contribution in [0, 0.1) is 0 Å². The molecule has 16 heteroatoms. The molecule has 23 heavy (non-hydrogen) atoms. The highest BCUT2D eigenvalue weighted by atomic mass is 32.3. The van der Waals surface area contributed by atoms with Crippen LogP contribution < -0.4 is 0 Å². The van der Waals surface area contributed by atoms with Crippen LogP contribution in [0.15, 0.2) is 0 Å². The molecule has 0 aromatic carbocycles. The third kappa shape index (κ3) is 3.55. The summed E-state index contributed by atoms with van der Waals surface area (Å²) >= 11 is 0. The number of alkyl halides is 6. The van der Waals surface area contributed by atoms with E-state index >= 15 is 0 Å². The lowest BCUT2D eigenvalue weighted by atomic mass is 10.1. The lowest BCUT2D eigenvalue weighted by Gasteiger charge is -2.42. The first-order valence-corrected chi connectivity index (χ1v) is 8.42. The third-order valence-corrected chi connectivity index (χ3v) is 6.77. The van der Waals surface area contributed by atoms with Crippen LogP contribution in [-0.2, 0) is 20.0 Å². The van der Waals surface area contributed by atoms with E-state index in [1.807, 2.05) is 0 Å². The Hall–Kier alpha value is -0.680. The molecule has 0 fully saturated rings. The van der Waals surface area contributed by atoms with Gasteiger partial charge in [-0.3, -0.25) is 10.4 Å². The van der Waals surface area contributed by atoms with Crippen LogP contribution in [0.1, 0.15) is 26.7 Å². The maximum absolute atomic E-state index is 12.6. The minimum Gasteiger partial charge on any atom is -0.288 e. The Labute approximate surface area is 126 Å². The minimum atomic E-state index is -7.14. The number of hydrogen-bond acceptors (Lipinski definition) is 7. The van der Waals surface area contributed by atoms with E-state index in [1.165, 1.54) is 0 Å². The number of halogens is 6. The van der Waals surface area contributed by atoms with Gasteiger partial charge < -0.3 is 0 Å². The third-order valence-electron chi connectivity index (χ3n) is 2.87. The van der Waals surface area contributed by atoms with E-state index in [-0.39, 0.29) is 0 Å². The maximum Gasteiger partial charge on any atom is 0.512 e. The van der Waals surface area contributed by atoms with Crippen molar-refractivity contribution < 1.29 is 53.6 Å². The standard InChI is InChI=1S/C7H12F6N2O6S2/c1-3-5(4-2,14(16)17)15(22(18,19)6(8,9)10)23(20,21)7(11,12)13/h16-17H,3-4H2,1-2H3. The summed E-state index contributed by atoms with van der Waals surface area (Å²) in [5.74, 6) is 0. The van der Waals surface area contributed by atoms with Crippen molar-refractivity contribution in [2.24, 2.45) is 0 Å². The van der Waals surface area contributed by atoms with Gasteiger partial charge in [-0.25, -0.2) is 16.8 Å². The fourth-order valence-electron chi connectivity index (χ4n) is 1.63. The smallest absolute Gasteiger partial charge is 0.288 e. The molecule has 0 saturated heterocycles. The van der Waals surface area contributed by atoms with Gasteiger partial charge in [0.15, 0.2) is 5.66 Å². The molecule has 0 heterocycles. The van der Waals surface area contributed by atoms with Gasteiger partial charge in [0.2, 0.25) is 0 Å². The zero-order valence-corrected chi connectivity index (χ0v) is 13.1. The van der Waals surface area contributed by atoms with Gasteiger partial charge in [0.05, 0.1) is 0 Å². The summed E-state index contributed by atoms with van der Waals surface area (Å²) in [5, 5.41) is 16.6. The summed E-state index contributed by atoms with van der Waals surface area (Å²) in [6, 6.07) is 0. The molecule has 0 amide bonds. The molecule has 0 radical (unpaired) electrons. The van der Waals surface area contributed by atoms with Crippen molar-refractivity contribution in [3.05, 3.63) is 0 Å². The molecule has 0 atom stereocenters. The Morgan fingerprint density at radius 3 is 1.17 bits per heavy atom. The lowest BCUT2D eigenvalue weighted by Crippen LogP contribution is -2.65. The highest BCUT2D eigenvalue weighted by Crippen LogP contribution is 2.42. The lowest BCUT2D eigenvalue weighted by molar-refractivity contribution is -0.379. The summed E-state index contributed by atoms with van der Waals surface area (Å²) in [4.78, 5) is 0. The molecule has 0 saturated carbocycles. The number of nitrogens with zero attached hydrogens (tertiary/aromatic N) is 2. The van der Waals surface area contributed by atoms with Crippen LogP contribution in [0.3, 0.4) is 0 Å². The number of rotatable bonds is 6. The van der Waals surface area contributed by atoms with Gasteiger partial charge in [0.1, 0.15) is 0 Å². The van der Waals surface area contributed by atoms with Crippen molar-refractivity contribution in [2.75, 3.05) is 0 Å². The monoisotopic (exact) mass is 398 g/mol. The molecule has 0 rings (SSSR count). The van der Waals surface area contributed by atoms with Gasteiger partial charge in [-0.15, -0.1) is 0 Å². The molecule has 0 aliphatic heterocycles. The van der Waals surface area contributed by atoms with Crippen LogP contribution in [0.4, 0.5) is 26.3 Å². The SMILES string of the molecule is CCC(CC)(N(O)O)N(S(=O)(=O)C(F)(F)F)S(=O)(=O)C(F)(F)F. The van der Waals surface area contributed by atoms with Crippen molar-refractivity contribution in [1.29, 1.82) is 0 Å². The quantitative estimate of drug-likeness (QED) is 0.397. The number of sulfonamides is 2. The first kappa shape index (κ1) is 22.3. The van der Waals surface area contributed by atoms with Crippen molar-refractivity contribution in [2.45, 2.75) is 43.4 Å². The summed E-state index contributed by atoms with van der Waals surface area (Å²) in [6.07, 6.45) is -2.28. The molecule has 0 aliphatic rings. The molecule has 8 nitrogen and oxygen atoms in total. The molecule has 0 aliphatic carbocycles. The number of hydroxylamine groups is 2. The topological polar surface area (TPSA) is 115 Å². The normalized spacial score (nSPS) is 15.5. The first-order chi connectivity index (χ1) is 9.93. The van der Waals surface area contributed by atoms with Crippen LogP contribution in [0.5, 0.6) is 0 Å². The molecule has 0 unspecified atom stereocenters. The maximum atomic E-state index is 12.6. The van der Waals surface area contributed by atoms with Crippen molar-refractivity contribution in [3.63, 3.8) is 0 Å². The van der Waals surface area contributed by atoms with E-state index in [1.54, 1.807) is 0 Å². The van der Waals surface area contributed by atoms with Crippen molar-refractivity contribution in [3.8, 4) is 0 Å². The second kappa shape index (κ2) is 6.32. The van der Waals surface area contributed by atoms with Crippen LogP contribution >= 0.6 is 0 Å². The molecule has 0 aromatic rings. The minimum absolute atomic E-state index is 0.758. The highest BCUT2D eigenvalue weighted by molar-refractivity contribution is 8.04. The van der Waals surface area contributed by atoms with Gasteiger partial charge in [0, 0.05) is 0 Å². The van der Waals surface area contributed by atoms with Gasteiger partial charge in [0.25, 0.3) is 0 Å². The van der Waals surface area contributed by atoms with Gasteiger partial charge in [-0.05, 0) is 18.1 Å². The predicted octanol–water partition coefficient (Wildman–Crippen LogP) is 1.58. The summed E-state index contributed by atoms with van der Waals surface area (Å²) < 4.78 is 119. The fraction of sp³-hybridized carbons (Fsp3) is 1.00. The first-order valence-electron chi connectivity index (χ1n) is 5.54. The number of hydrogen-bond donors (Lipinski definition) is 2. The average Bonchev–Trinajstić information content (AvgIpc) is 2.31. The largest absolute Gasteiger partial charge is 0.512 e. The zero-order valence-electron chi connectivity index (χ0n) is 11.4. The Bertz CT molecular complexity index is 577. The van der Waals surface area contributed by atoms with Gasteiger partial charge >= 0.3 is 31.1 Å². The van der Waals surface area contributed by atoms with Crippen LogP contribution in [0.2, 0.25) is 0 Å². The zero-order chi connectivity index (χ0) is 19.1. The van der Waals surface area contributed by atoms with E-state index in [9.17, 15) is 43.2 Å². The Morgan fingerprint density at radius 2 is 1.04 bits per heavy atom. The van der Waals surface area contributed by atoms with E-state index in [4.69, 9.17) is 10.4 Å². The van der Waals surface area contributed by atoms with Crippen molar-refractivity contribution in [1.82, 2.24) is 8.94 Å². The van der Waals surface area contributed by atoms with Crippen LogP contribution in [0.25, 0.3) is 0 Å². The molecule has 0 aromatic heterocycles. The van der Waals surface area contributed by atoms with E-state index in [2.05, 4.69) is 0 Å². The second-order valence-corrected chi connectivity index (χ2v) is 7.87.